The number of rotatable bonds is 3. The summed E-state index contributed by atoms with van der Waals surface area (Å²) in [6, 6.07) is 14.6. The zero-order chi connectivity index (χ0) is 16.6. The Morgan fingerprint density at radius 3 is 2.88 bits per heavy atom. The van der Waals surface area contributed by atoms with Crippen molar-refractivity contribution in [3.05, 3.63) is 42.5 Å². The Morgan fingerprint density at radius 2 is 1.96 bits per heavy atom. The molecular formula is C18H17N5O2. The Balaban J connectivity index is 1.45. The number of nitrogens with one attached hydrogen (secondary N) is 2. The molecule has 5 rings (SSSR count). The van der Waals surface area contributed by atoms with Crippen molar-refractivity contribution in [2.75, 3.05) is 36.5 Å². The van der Waals surface area contributed by atoms with Gasteiger partial charge in [-0.05, 0) is 30.3 Å². The topological polar surface area (TPSA) is 79.2 Å². The van der Waals surface area contributed by atoms with Crippen molar-refractivity contribution in [2.45, 2.75) is 0 Å². The second-order valence-corrected chi connectivity index (χ2v) is 6.02. The molecule has 7 nitrogen and oxygen atoms in total. The monoisotopic (exact) mass is 335 g/mol. The molecule has 0 bridgehead atoms. The molecular weight excluding hydrogens is 318 g/mol. The molecule has 0 spiro atoms. The first-order valence-electron chi connectivity index (χ1n) is 8.30. The molecule has 0 unspecified atom stereocenters. The van der Waals surface area contributed by atoms with E-state index < -0.39 is 0 Å². The van der Waals surface area contributed by atoms with Crippen molar-refractivity contribution in [3.63, 3.8) is 0 Å². The third-order valence-electron chi connectivity index (χ3n) is 4.39. The summed E-state index contributed by atoms with van der Waals surface area (Å²) < 4.78 is 11.3. The zero-order valence-corrected chi connectivity index (χ0v) is 13.5. The van der Waals surface area contributed by atoms with Gasteiger partial charge in [-0.25, -0.2) is 0 Å². The van der Waals surface area contributed by atoms with E-state index in [-0.39, 0.29) is 0 Å². The Kier molecular flexibility index (Phi) is 3.31. The molecule has 1 aliphatic heterocycles. The number of fused-ring (bicyclic) bond motifs is 2. The molecule has 1 fully saturated rings. The van der Waals surface area contributed by atoms with Gasteiger partial charge in [-0.1, -0.05) is 12.1 Å². The molecule has 1 saturated heterocycles. The zero-order valence-electron chi connectivity index (χ0n) is 13.5. The lowest BCUT2D eigenvalue weighted by Crippen LogP contribution is -2.36. The first-order chi connectivity index (χ1) is 12.4. The van der Waals surface area contributed by atoms with Crippen LogP contribution in [0.25, 0.3) is 22.0 Å². The number of hydrogen-bond donors (Lipinski definition) is 2. The number of oxazole rings is 1. The average molecular weight is 335 g/mol. The van der Waals surface area contributed by atoms with E-state index in [4.69, 9.17) is 9.15 Å². The number of H-pyrrole nitrogens is 1. The van der Waals surface area contributed by atoms with Crippen molar-refractivity contribution in [3.8, 4) is 0 Å². The summed E-state index contributed by atoms with van der Waals surface area (Å²) in [6.07, 6.45) is 0. The molecule has 25 heavy (non-hydrogen) atoms. The number of aromatic amines is 1. The fraction of sp³-hybridized carbons (Fsp3) is 0.222. The SMILES string of the molecule is c1ccc2c(Nc3ccc4oc(N5CCOCC5)nc4c3)n[nH]c2c1. The number of para-hydroxylation sites is 1. The van der Waals surface area contributed by atoms with Crippen LogP contribution in [0.5, 0.6) is 0 Å². The number of benzene rings is 2. The first-order valence-corrected chi connectivity index (χ1v) is 8.30. The van der Waals surface area contributed by atoms with Gasteiger partial charge >= 0.3 is 0 Å². The van der Waals surface area contributed by atoms with E-state index in [1.54, 1.807) is 0 Å². The molecule has 126 valence electrons. The van der Waals surface area contributed by atoms with Crippen LogP contribution in [0.15, 0.2) is 46.9 Å². The number of anilines is 3. The number of ether oxygens (including phenoxy) is 1. The number of nitrogens with zero attached hydrogens (tertiary/aromatic N) is 3. The van der Waals surface area contributed by atoms with Crippen LogP contribution in [0.2, 0.25) is 0 Å². The van der Waals surface area contributed by atoms with Gasteiger partial charge in [-0.3, -0.25) is 5.10 Å². The summed E-state index contributed by atoms with van der Waals surface area (Å²) in [5.41, 5.74) is 3.53. The normalized spacial score (nSPS) is 15.1. The molecule has 7 heteroatoms. The highest BCUT2D eigenvalue weighted by atomic mass is 16.5. The van der Waals surface area contributed by atoms with Gasteiger partial charge in [0.25, 0.3) is 6.01 Å². The largest absolute Gasteiger partial charge is 0.423 e. The van der Waals surface area contributed by atoms with Gasteiger partial charge in [0.15, 0.2) is 11.4 Å². The van der Waals surface area contributed by atoms with Crippen molar-refractivity contribution in [2.24, 2.45) is 0 Å². The lowest BCUT2D eigenvalue weighted by atomic mass is 10.2. The van der Waals surface area contributed by atoms with Crippen LogP contribution in [0.3, 0.4) is 0 Å². The Hall–Kier alpha value is -3.06. The summed E-state index contributed by atoms with van der Waals surface area (Å²) in [5.74, 6) is 0.798. The predicted octanol–water partition coefficient (Wildman–Crippen LogP) is 3.28. The molecule has 0 amide bonds. The van der Waals surface area contributed by atoms with Gasteiger partial charge in [-0.2, -0.15) is 10.1 Å². The van der Waals surface area contributed by atoms with Crippen LogP contribution in [-0.4, -0.2) is 41.5 Å². The molecule has 0 saturated carbocycles. The highest BCUT2D eigenvalue weighted by molar-refractivity contribution is 5.92. The first kappa shape index (κ1) is 14.3. The maximum absolute atomic E-state index is 5.88. The highest BCUT2D eigenvalue weighted by Crippen LogP contribution is 2.28. The van der Waals surface area contributed by atoms with Crippen LogP contribution in [-0.2, 0) is 4.74 Å². The van der Waals surface area contributed by atoms with Crippen molar-refractivity contribution >= 4 is 39.5 Å². The van der Waals surface area contributed by atoms with Gasteiger partial charge in [0.1, 0.15) is 5.52 Å². The van der Waals surface area contributed by atoms with Gasteiger partial charge in [0.05, 0.1) is 18.7 Å². The van der Waals surface area contributed by atoms with Crippen LogP contribution in [0.4, 0.5) is 17.5 Å². The maximum Gasteiger partial charge on any atom is 0.298 e. The van der Waals surface area contributed by atoms with E-state index in [9.17, 15) is 0 Å². The van der Waals surface area contributed by atoms with Crippen molar-refractivity contribution in [1.82, 2.24) is 15.2 Å². The third kappa shape index (κ3) is 2.58. The second-order valence-electron chi connectivity index (χ2n) is 6.02. The summed E-state index contributed by atoms with van der Waals surface area (Å²) >= 11 is 0. The third-order valence-corrected chi connectivity index (χ3v) is 4.39. The second kappa shape index (κ2) is 5.78. The summed E-state index contributed by atoms with van der Waals surface area (Å²) in [7, 11) is 0. The van der Waals surface area contributed by atoms with E-state index in [1.165, 1.54) is 0 Å². The van der Waals surface area contributed by atoms with Gasteiger partial charge in [-0.15, -0.1) is 0 Å². The minimum absolute atomic E-state index is 0.653. The molecule has 2 aromatic heterocycles. The van der Waals surface area contributed by atoms with Crippen LogP contribution in [0.1, 0.15) is 0 Å². The highest BCUT2D eigenvalue weighted by Gasteiger charge is 2.17. The molecule has 2 aromatic carbocycles. The fourth-order valence-corrected chi connectivity index (χ4v) is 3.08. The lowest BCUT2D eigenvalue weighted by Gasteiger charge is -2.24. The summed E-state index contributed by atoms with van der Waals surface area (Å²) in [6.45, 7) is 3.02. The van der Waals surface area contributed by atoms with Crippen molar-refractivity contribution < 1.29 is 9.15 Å². The number of aromatic nitrogens is 3. The van der Waals surface area contributed by atoms with E-state index in [2.05, 4.69) is 25.4 Å². The molecule has 0 radical (unpaired) electrons. The lowest BCUT2D eigenvalue weighted by molar-refractivity contribution is 0.120. The quantitative estimate of drug-likeness (QED) is 0.598. The molecule has 4 aromatic rings. The predicted molar refractivity (Wildman–Crippen MR) is 96.4 cm³/mol. The molecule has 0 aliphatic carbocycles. The van der Waals surface area contributed by atoms with Crippen LogP contribution < -0.4 is 10.2 Å². The van der Waals surface area contributed by atoms with Gasteiger partial charge < -0.3 is 19.4 Å². The minimum Gasteiger partial charge on any atom is -0.423 e. The Labute approximate surface area is 143 Å². The Morgan fingerprint density at radius 1 is 1.08 bits per heavy atom. The van der Waals surface area contributed by atoms with E-state index in [1.807, 2.05) is 42.5 Å². The van der Waals surface area contributed by atoms with Crippen molar-refractivity contribution in [1.29, 1.82) is 0 Å². The summed E-state index contributed by atoms with van der Waals surface area (Å²) in [4.78, 5) is 6.73. The summed E-state index contributed by atoms with van der Waals surface area (Å²) in [5, 5.41) is 11.8. The minimum atomic E-state index is 0.653. The van der Waals surface area contributed by atoms with Crippen LogP contribution in [0, 0.1) is 0 Å². The molecule has 3 heterocycles. The Bertz CT molecular complexity index is 1030. The molecule has 0 atom stereocenters. The molecule has 1 aliphatic rings. The van der Waals surface area contributed by atoms with E-state index >= 15 is 0 Å². The van der Waals surface area contributed by atoms with E-state index in [0.717, 1.165) is 46.6 Å². The van der Waals surface area contributed by atoms with Gasteiger partial charge in [0, 0.05) is 24.2 Å². The maximum atomic E-state index is 5.88. The molecule has 2 N–H and O–H groups in total. The number of morpholine rings is 1. The fourth-order valence-electron chi connectivity index (χ4n) is 3.08. The standard InChI is InChI=1S/C18H17N5O2/c1-2-4-14-13(3-1)17(22-21-14)19-12-5-6-16-15(11-12)20-18(25-16)23-7-9-24-10-8-23/h1-6,11H,7-10H2,(H2,19,21,22). The number of hydrogen-bond acceptors (Lipinski definition) is 6. The van der Waals surface area contributed by atoms with Crippen LogP contribution >= 0.6 is 0 Å². The van der Waals surface area contributed by atoms with Gasteiger partial charge in [0.2, 0.25) is 0 Å². The smallest absolute Gasteiger partial charge is 0.298 e. The average Bonchev–Trinajstić information content (AvgIpc) is 3.27. The van der Waals surface area contributed by atoms with E-state index in [0.29, 0.717) is 19.2 Å².